The largest absolute Gasteiger partial charge is 0.481 e. The summed E-state index contributed by atoms with van der Waals surface area (Å²) >= 11 is 7.05. The number of carboxylic acid groups (broad SMARTS) is 1. The predicted molar refractivity (Wildman–Crippen MR) is 214 cm³/mol. The number of imidazole rings is 2. The van der Waals surface area contributed by atoms with Gasteiger partial charge in [0, 0.05) is 102 Å². The normalized spacial score (nSPS) is 20.7. The number of aliphatic carboxylic acids is 1. The fraction of sp³-hybridized carbons (Fsp3) is 0.512. The molecule has 8 rings (SSSR count). The first-order chi connectivity index (χ1) is 27.0. The number of nitrogens with zero attached hydrogens (tertiary/aromatic N) is 6. The van der Waals surface area contributed by atoms with Crippen molar-refractivity contribution in [2.24, 2.45) is 25.9 Å². The Morgan fingerprint density at radius 1 is 0.857 bits per heavy atom. The minimum Gasteiger partial charge on any atom is -0.481 e. The molecule has 4 aliphatic rings. The van der Waals surface area contributed by atoms with E-state index in [1.807, 2.05) is 60.5 Å². The minimum atomic E-state index is -0.677. The zero-order valence-corrected chi connectivity index (χ0v) is 33.4. The van der Waals surface area contributed by atoms with Crippen molar-refractivity contribution >= 4 is 34.9 Å². The van der Waals surface area contributed by atoms with Crippen molar-refractivity contribution in [2.45, 2.75) is 83.8 Å². The van der Waals surface area contributed by atoms with Gasteiger partial charge in [0.2, 0.25) is 5.78 Å². The van der Waals surface area contributed by atoms with Gasteiger partial charge in [-0.05, 0) is 74.1 Å². The number of halogens is 1. The summed E-state index contributed by atoms with van der Waals surface area (Å²) in [6.45, 7) is 7.82. The monoisotopic (exact) mass is 781 g/mol. The zero-order valence-electron chi connectivity index (χ0n) is 32.7. The Labute approximate surface area is 333 Å². The van der Waals surface area contributed by atoms with Gasteiger partial charge in [-0.1, -0.05) is 41.9 Å². The third-order valence-electron chi connectivity index (χ3n) is 12.8. The van der Waals surface area contributed by atoms with Gasteiger partial charge in [-0.25, -0.2) is 9.97 Å². The van der Waals surface area contributed by atoms with Crippen molar-refractivity contribution in [3.8, 4) is 11.1 Å². The van der Waals surface area contributed by atoms with Gasteiger partial charge in [-0.3, -0.25) is 24.2 Å². The van der Waals surface area contributed by atoms with Crippen molar-refractivity contribution in [1.82, 2.24) is 28.9 Å². The zero-order chi connectivity index (χ0) is 39.1. The summed E-state index contributed by atoms with van der Waals surface area (Å²) in [5.41, 5.74) is 8.13. The highest BCUT2D eigenvalue weighted by Crippen LogP contribution is 2.37. The molecule has 2 aromatic carbocycles. The van der Waals surface area contributed by atoms with Crippen LogP contribution in [0.2, 0.25) is 5.02 Å². The van der Waals surface area contributed by atoms with Crippen LogP contribution in [0.25, 0.3) is 11.1 Å². The first-order valence-electron chi connectivity index (χ1n) is 20.1. The standard InChI is InChI=1S/C43H52ClN7O5/c1-26-29(22-38(52)40-45-35-25-51(19-15-37(35)48(40)2)30-16-20-56-21-17-30)6-4-7-31(26)32-8-5-9-33(39(32)44)47-42(53)41-46-34-24-50(18-14-36(34)49(41)3)23-27-10-12-28(13-11-27)43(54)55/h4-9,27-28,30H,10-25H2,1-3H3,(H,47,53)(H,54,55). The molecule has 5 heterocycles. The number of hydrogen-bond donors (Lipinski definition) is 2. The van der Waals surface area contributed by atoms with Gasteiger partial charge in [0.15, 0.2) is 11.6 Å². The maximum Gasteiger partial charge on any atom is 0.306 e. The highest BCUT2D eigenvalue weighted by Gasteiger charge is 2.32. The smallest absolute Gasteiger partial charge is 0.306 e. The third kappa shape index (κ3) is 7.68. The summed E-state index contributed by atoms with van der Waals surface area (Å²) < 4.78 is 9.46. The summed E-state index contributed by atoms with van der Waals surface area (Å²) in [5, 5.41) is 12.8. The number of ketones is 1. The molecule has 296 valence electrons. The van der Waals surface area contributed by atoms with Crippen molar-refractivity contribution in [3.63, 3.8) is 0 Å². The number of Topliss-reactive ketones (excluding diaryl/α,β-unsaturated/α-hetero) is 1. The van der Waals surface area contributed by atoms with Gasteiger partial charge in [-0.15, -0.1) is 0 Å². The second kappa shape index (κ2) is 16.2. The Morgan fingerprint density at radius 3 is 2.27 bits per heavy atom. The van der Waals surface area contributed by atoms with E-state index in [2.05, 4.69) is 15.1 Å². The van der Waals surface area contributed by atoms with Crippen LogP contribution in [-0.4, -0.2) is 90.6 Å². The van der Waals surface area contributed by atoms with Crippen molar-refractivity contribution in [1.29, 1.82) is 0 Å². The third-order valence-corrected chi connectivity index (χ3v) is 13.2. The Hall–Kier alpha value is -4.36. The molecule has 56 heavy (non-hydrogen) atoms. The first-order valence-corrected chi connectivity index (χ1v) is 20.5. The number of ether oxygens (including phenoxy) is 1. The summed E-state index contributed by atoms with van der Waals surface area (Å²) in [6.07, 6.45) is 7.31. The van der Waals surface area contributed by atoms with E-state index in [-0.39, 0.29) is 24.0 Å². The molecular weight excluding hydrogens is 730 g/mol. The number of carbonyl (C=O) groups excluding carboxylic acids is 2. The molecule has 0 radical (unpaired) electrons. The predicted octanol–water partition coefficient (Wildman–Crippen LogP) is 6.25. The summed E-state index contributed by atoms with van der Waals surface area (Å²) in [7, 11) is 3.85. The van der Waals surface area contributed by atoms with Gasteiger partial charge in [0.05, 0.1) is 28.0 Å². The number of amides is 1. The van der Waals surface area contributed by atoms with Crippen LogP contribution in [0, 0.1) is 18.8 Å². The van der Waals surface area contributed by atoms with Crippen LogP contribution >= 0.6 is 11.6 Å². The number of carboxylic acids is 1. The molecule has 2 N–H and O–H groups in total. The quantitative estimate of drug-likeness (QED) is 0.179. The van der Waals surface area contributed by atoms with E-state index in [4.69, 9.17) is 26.3 Å². The lowest BCUT2D eigenvalue weighted by atomic mass is 9.81. The summed E-state index contributed by atoms with van der Waals surface area (Å²) in [6, 6.07) is 12.0. The number of fused-ring (bicyclic) bond motifs is 2. The first kappa shape index (κ1) is 38.5. The lowest BCUT2D eigenvalue weighted by molar-refractivity contribution is -0.143. The number of carbonyl (C=O) groups is 3. The second-order valence-corrected chi connectivity index (χ2v) is 16.6. The van der Waals surface area contributed by atoms with Crippen LogP contribution < -0.4 is 5.32 Å². The number of benzene rings is 2. The van der Waals surface area contributed by atoms with Crippen molar-refractivity contribution < 1.29 is 24.2 Å². The lowest BCUT2D eigenvalue weighted by Crippen LogP contribution is -2.42. The molecule has 1 amide bonds. The number of nitrogens with one attached hydrogen (secondary N) is 1. The highest BCUT2D eigenvalue weighted by molar-refractivity contribution is 6.36. The van der Waals surface area contributed by atoms with Crippen LogP contribution in [-0.2, 0) is 56.0 Å². The molecule has 2 fully saturated rings. The van der Waals surface area contributed by atoms with Crippen LogP contribution in [0.3, 0.4) is 0 Å². The number of anilines is 1. The van der Waals surface area contributed by atoms with Crippen LogP contribution in [0.15, 0.2) is 36.4 Å². The maximum atomic E-state index is 13.8. The maximum absolute atomic E-state index is 13.8. The minimum absolute atomic E-state index is 0.0179. The lowest BCUT2D eigenvalue weighted by Gasteiger charge is -2.36. The van der Waals surface area contributed by atoms with Crippen molar-refractivity contribution in [3.05, 3.63) is 87.0 Å². The molecule has 1 saturated carbocycles. The Kier molecular flexibility index (Phi) is 11.2. The molecule has 3 aliphatic heterocycles. The van der Waals surface area contributed by atoms with Crippen LogP contribution in [0.5, 0.6) is 0 Å². The summed E-state index contributed by atoms with van der Waals surface area (Å²) in [5.74, 6) is 0.0823. The molecule has 12 nitrogen and oxygen atoms in total. The van der Waals surface area contributed by atoms with Crippen molar-refractivity contribution in [2.75, 3.05) is 38.2 Å². The number of hydrogen-bond acceptors (Lipinski definition) is 8. The van der Waals surface area contributed by atoms with Gasteiger partial charge in [-0.2, -0.15) is 0 Å². The molecular formula is C43H52ClN7O5. The second-order valence-electron chi connectivity index (χ2n) is 16.2. The molecule has 0 bridgehead atoms. The Bertz CT molecular complexity index is 2150. The SMILES string of the molecule is Cc1c(CC(=O)c2nc3c(n2C)CCN(C2CCOCC2)C3)cccc1-c1cccc(NC(=O)c2nc3c(n2C)CCN(CC2CCC(C(=O)O)CC2)C3)c1Cl. The van der Waals surface area contributed by atoms with E-state index in [1.54, 1.807) is 6.07 Å². The van der Waals surface area contributed by atoms with E-state index in [0.717, 1.165) is 136 Å². The van der Waals surface area contributed by atoms with Gasteiger partial charge < -0.3 is 24.3 Å². The van der Waals surface area contributed by atoms with E-state index >= 15 is 0 Å². The molecule has 1 saturated heterocycles. The molecule has 1 aliphatic carbocycles. The number of rotatable bonds is 10. The molecule has 13 heteroatoms. The Balaban J connectivity index is 0.937. The van der Waals surface area contributed by atoms with Crippen LogP contribution in [0.1, 0.15) is 93.7 Å². The van der Waals surface area contributed by atoms with Gasteiger partial charge in [0.1, 0.15) is 0 Å². The average molecular weight is 782 g/mol. The molecule has 0 spiro atoms. The van der Waals surface area contributed by atoms with E-state index < -0.39 is 5.97 Å². The fourth-order valence-corrected chi connectivity index (χ4v) is 9.77. The molecule has 2 aromatic heterocycles. The molecule has 0 unspecified atom stereocenters. The average Bonchev–Trinajstić information content (AvgIpc) is 3.72. The molecule has 0 atom stereocenters. The van der Waals surface area contributed by atoms with Gasteiger partial charge in [0.25, 0.3) is 5.91 Å². The van der Waals surface area contributed by atoms with E-state index in [9.17, 15) is 19.5 Å². The van der Waals surface area contributed by atoms with Gasteiger partial charge >= 0.3 is 5.97 Å². The van der Waals surface area contributed by atoms with Crippen LogP contribution in [0.4, 0.5) is 5.69 Å². The number of aromatic nitrogens is 4. The van der Waals surface area contributed by atoms with E-state index in [0.29, 0.717) is 40.9 Å². The fourth-order valence-electron chi connectivity index (χ4n) is 9.49. The Morgan fingerprint density at radius 2 is 1.52 bits per heavy atom. The topological polar surface area (TPSA) is 135 Å². The highest BCUT2D eigenvalue weighted by atomic mass is 35.5. The van der Waals surface area contributed by atoms with E-state index in [1.165, 1.54) is 0 Å². The molecule has 4 aromatic rings. The summed E-state index contributed by atoms with van der Waals surface area (Å²) in [4.78, 5) is 53.6.